The van der Waals surface area contributed by atoms with Crippen LogP contribution in [-0.2, 0) is 21.4 Å². The van der Waals surface area contributed by atoms with Gasteiger partial charge in [0.25, 0.3) is 5.91 Å². The third kappa shape index (κ3) is 2.94. The third-order valence-corrected chi connectivity index (χ3v) is 10.7. The second-order valence-electron chi connectivity index (χ2n) is 12.4. The summed E-state index contributed by atoms with van der Waals surface area (Å²) in [5, 5.41) is 3.04. The summed E-state index contributed by atoms with van der Waals surface area (Å²) in [6.07, 6.45) is 6.89. The van der Waals surface area contributed by atoms with Gasteiger partial charge in [-0.25, -0.2) is 0 Å². The fourth-order valence-corrected chi connectivity index (χ4v) is 9.30. The van der Waals surface area contributed by atoms with Gasteiger partial charge in [-0.2, -0.15) is 0 Å². The van der Waals surface area contributed by atoms with E-state index >= 15 is 0 Å². The smallest absolute Gasteiger partial charge is 0.254 e. The summed E-state index contributed by atoms with van der Waals surface area (Å²) in [5.74, 6) is 1.25. The number of carbonyl (C=O) groups excluding carboxylic acids is 2. The second kappa shape index (κ2) is 7.67. The molecule has 6 nitrogen and oxygen atoms in total. The molecule has 2 aromatic rings. The molecular weight excluding hydrogens is 462 g/mol. The van der Waals surface area contributed by atoms with E-state index in [9.17, 15) is 9.59 Å². The topological polar surface area (TPSA) is 61.9 Å². The SMILES string of the molecule is CC(=O)Nc1ccc2c(c1)C13CCN(CC4CC4)C(C2)[C@@]12CCC1C3[C@@H](CN1C(=O)c1ccccc1)O2. The number of hydrogen-bond acceptors (Lipinski definition) is 4. The van der Waals surface area contributed by atoms with E-state index in [4.69, 9.17) is 4.74 Å². The van der Waals surface area contributed by atoms with Gasteiger partial charge in [-0.3, -0.25) is 14.5 Å². The van der Waals surface area contributed by atoms with E-state index in [-0.39, 0.29) is 35.0 Å². The number of piperidine rings is 1. The maximum absolute atomic E-state index is 13.7. The molecule has 2 amide bonds. The first-order valence-electron chi connectivity index (χ1n) is 14.2. The van der Waals surface area contributed by atoms with Crippen LogP contribution in [0, 0.1) is 11.8 Å². The molecule has 2 aromatic carbocycles. The number of likely N-dealkylation sites (tertiary alicyclic amines) is 2. The lowest BCUT2D eigenvalue weighted by atomic mass is 9.46. The summed E-state index contributed by atoms with van der Waals surface area (Å²) in [7, 11) is 0. The number of benzene rings is 2. The number of amides is 2. The monoisotopic (exact) mass is 497 g/mol. The van der Waals surface area contributed by atoms with Crippen LogP contribution in [-0.4, -0.2) is 65.0 Å². The van der Waals surface area contributed by atoms with Crippen molar-refractivity contribution in [1.29, 1.82) is 0 Å². The van der Waals surface area contributed by atoms with Crippen molar-refractivity contribution in [3.8, 4) is 0 Å². The van der Waals surface area contributed by atoms with Crippen LogP contribution < -0.4 is 5.32 Å². The Bertz CT molecular complexity index is 1290. The number of carbonyl (C=O) groups is 2. The van der Waals surface area contributed by atoms with Gasteiger partial charge in [0.05, 0.1) is 11.7 Å². The zero-order valence-electron chi connectivity index (χ0n) is 21.5. The first-order valence-corrected chi connectivity index (χ1v) is 14.2. The van der Waals surface area contributed by atoms with E-state index < -0.39 is 0 Å². The summed E-state index contributed by atoms with van der Waals surface area (Å²) in [4.78, 5) is 30.6. The lowest BCUT2D eigenvalue weighted by Gasteiger charge is -2.65. The van der Waals surface area contributed by atoms with Crippen molar-refractivity contribution in [3.05, 3.63) is 65.2 Å². The van der Waals surface area contributed by atoms with E-state index in [2.05, 4.69) is 33.3 Å². The fraction of sp³-hybridized carbons (Fsp3) is 0.548. The molecule has 3 heterocycles. The van der Waals surface area contributed by atoms with Crippen molar-refractivity contribution < 1.29 is 14.3 Å². The molecule has 8 rings (SSSR count). The number of anilines is 1. The maximum Gasteiger partial charge on any atom is 0.254 e. The minimum Gasteiger partial charge on any atom is -0.367 e. The Morgan fingerprint density at radius 3 is 2.70 bits per heavy atom. The minimum absolute atomic E-state index is 0.0392. The summed E-state index contributed by atoms with van der Waals surface area (Å²) in [6.45, 7) is 4.55. The highest BCUT2D eigenvalue weighted by Gasteiger charge is 2.78. The predicted octanol–water partition coefficient (Wildman–Crippen LogP) is 4.00. The molecule has 3 aliphatic carbocycles. The van der Waals surface area contributed by atoms with E-state index in [1.807, 2.05) is 30.3 Å². The lowest BCUT2D eigenvalue weighted by molar-refractivity contribution is -0.170. The van der Waals surface area contributed by atoms with Gasteiger partial charge in [0.1, 0.15) is 0 Å². The van der Waals surface area contributed by atoms with Crippen molar-refractivity contribution >= 4 is 17.5 Å². The van der Waals surface area contributed by atoms with Crippen LogP contribution in [0.25, 0.3) is 0 Å². The molecule has 6 heteroatoms. The number of nitrogens with one attached hydrogen (secondary N) is 1. The van der Waals surface area contributed by atoms with Gasteiger partial charge >= 0.3 is 0 Å². The molecule has 0 spiro atoms. The Hall–Kier alpha value is -2.70. The average molecular weight is 498 g/mol. The van der Waals surface area contributed by atoms with E-state index in [1.165, 1.54) is 30.5 Å². The molecule has 6 atom stereocenters. The zero-order valence-corrected chi connectivity index (χ0v) is 21.5. The Morgan fingerprint density at radius 1 is 1.08 bits per heavy atom. The number of fused-ring (bicyclic) bond motifs is 1. The highest BCUT2D eigenvalue weighted by Crippen LogP contribution is 2.69. The van der Waals surface area contributed by atoms with Gasteiger partial charge in [-0.15, -0.1) is 0 Å². The Morgan fingerprint density at radius 2 is 1.92 bits per heavy atom. The van der Waals surface area contributed by atoms with Crippen LogP contribution in [0.2, 0.25) is 0 Å². The average Bonchev–Trinajstić information content (AvgIpc) is 3.59. The van der Waals surface area contributed by atoms with Gasteiger partial charge in [0.15, 0.2) is 0 Å². The van der Waals surface area contributed by atoms with Crippen LogP contribution >= 0.6 is 0 Å². The largest absolute Gasteiger partial charge is 0.367 e. The number of hydrogen-bond donors (Lipinski definition) is 1. The molecule has 5 fully saturated rings. The van der Waals surface area contributed by atoms with Crippen molar-refractivity contribution in [2.45, 2.75) is 74.7 Å². The van der Waals surface area contributed by atoms with Crippen molar-refractivity contribution in [3.63, 3.8) is 0 Å². The summed E-state index contributed by atoms with van der Waals surface area (Å²) < 4.78 is 7.33. The maximum atomic E-state index is 13.7. The molecule has 3 aliphatic heterocycles. The van der Waals surface area contributed by atoms with Crippen LogP contribution in [0.15, 0.2) is 48.5 Å². The third-order valence-electron chi connectivity index (χ3n) is 10.7. The molecule has 1 N–H and O–H groups in total. The number of ether oxygens (including phenoxy) is 1. The molecule has 192 valence electrons. The highest BCUT2D eigenvalue weighted by molar-refractivity contribution is 5.95. The van der Waals surface area contributed by atoms with Crippen LogP contribution in [0.4, 0.5) is 5.69 Å². The normalized spacial score (nSPS) is 37.2. The van der Waals surface area contributed by atoms with Gasteiger partial charge in [-0.1, -0.05) is 24.3 Å². The molecule has 3 saturated heterocycles. The van der Waals surface area contributed by atoms with Crippen molar-refractivity contribution in [2.75, 3.05) is 25.0 Å². The second-order valence-corrected chi connectivity index (χ2v) is 12.4. The van der Waals surface area contributed by atoms with Crippen LogP contribution in [0.5, 0.6) is 0 Å². The summed E-state index contributed by atoms with van der Waals surface area (Å²) in [5.41, 5.74) is 4.13. The molecule has 6 aliphatic rings. The predicted molar refractivity (Wildman–Crippen MR) is 140 cm³/mol. The lowest BCUT2D eigenvalue weighted by Crippen LogP contribution is -2.74. The van der Waals surface area contributed by atoms with E-state index in [0.717, 1.165) is 49.4 Å². The Labute approximate surface area is 218 Å². The Kier molecular flexibility index (Phi) is 4.62. The fourth-order valence-electron chi connectivity index (χ4n) is 9.30. The highest BCUT2D eigenvalue weighted by atomic mass is 16.5. The van der Waals surface area contributed by atoms with Gasteiger partial charge in [0, 0.05) is 54.7 Å². The van der Waals surface area contributed by atoms with Crippen molar-refractivity contribution in [1.82, 2.24) is 9.80 Å². The first kappa shape index (κ1) is 22.3. The minimum atomic E-state index is -0.199. The van der Waals surface area contributed by atoms with E-state index in [1.54, 1.807) is 6.92 Å². The molecule has 0 aromatic heterocycles. The van der Waals surface area contributed by atoms with Crippen LogP contribution in [0.3, 0.4) is 0 Å². The summed E-state index contributed by atoms with van der Waals surface area (Å²) in [6, 6.07) is 16.9. The van der Waals surface area contributed by atoms with Gasteiger partial charge in [-0.05, 0) is 86.4 Å². The molecular formula is C31H35N3O3. The van der Waals surface area contributed by atoms with Crippen molar-refractivity contribution in [2.24, 2.45) is 11.8 Å². The standard InChI is InChI=1S/C31H35N3O3/c1-19(35)32-23-10-9-22-15-27-31-12-11-25-28(26(37-31)18-34(25)29(36)21-5-3-2-4-6-21)30(31,24(22)16-23)13-14-33(27)17-20-7-8-20/h2-6,9-10,16,20,25-28H,7-8,11-15,17-18H2,1H3,(H,32,35)/t25?,26-,27?,28?,30?,31+/m1/s1. The number of nitrogens with zero attached hydrogens (tertiary/aromatic N) is 2. The molecule has 2 saturated carbocycles. The van der Waals surface area contributed by atoms with Gasteiger partial charge < -0.3 is 15.0 Å². The summed E-state index contributed by atoms with van der Waals surface area (Å²) >= 11 is 0. The molecule has 0 radical (unpaired) electrons. The molecule has 4 bridgehead atoms. The molecule has 4 unspecified atom stereocenters. The molecule has 37 heavy (non-hydrogen) atoms. The van der Waals surface area contributed by atoms with E-state index in [0.29, 0.717) is 18.5 Å². The zero-order chi connectivity index (χ0) is 24.9. The van der Waals surface area contributed by atoms with Crippen LogP contribution in [0.1, 0.15) is 60.5 Å². The quantitative estimate of drug-likeness (QED) is 0.694. The van der Waals surface area contributed by atoms with Gasteiger partial charge in [0.2, 0.25) is 5.91 Å². The number of rotatable bonds is 4. The Balaban J connectivity index is 1.25. The first-order chi connectivity index (χ1) is 18.0.